The van der Waals surface area contributed by atoms with E-state index in [1.165, 1.54) is 9.80 Å². The summed E-state index contributed by atoms with van der Waals surface area (Å²) in [6.45, 7) is 9.11. The molecule has 0 radical (unpaired) electrons. The Labute approximate surface area is 176 Å². The Kier molecular flexibility index (Phi) is 5.07. The number of rotatable bonds is 3. The van der Waals surface area contributed by atoms with Crippen molar-refractivity contribution in [2.45, 2.75) is 33.2 Å². The molecule has 3 aliphatic rings. The first kappa shape index (κ1) is 20.2. The topological polar surface area (TPSA) is 64.2 Å². The van der Waals surface area contributed by atoms with Crippen molar-refractivity contribution in [1.29, 1.82) is 0 Å². The quantitative estimate of drug-likeness (QED) is 0.704. The maximum atomic E-state index is 13.8. The monoisotopic (exact) mass is 418 g/mol. The van der Waals surface area contributed by atoms with Crippen LogP contribution in [0, 0.1) is 5.41 Å². The summed E-state index contributed by atoms with van der Waals surface area (Å²) in [4.78, 5) is 47.2. The molecule has 1 atom stereocenters. The van der Waals surface area contributed by atoms with Gasteiger partial charge in [0, 0.05) is 49.9 Å². The molecule has 3 aliphatic heterocycles. The molecule has 156 valence electrons. The van der Waals surface area contributed by atoms with Crippen LogP contribution in [0.15, 0.2) is 18.2 Å². The van der Waals surface area contributed by atoms with E-state index in [2.05, 4.69) is 16.7 Å². The predicted molar refractivity (Wildman–Crippen MR) is 111 cm³/mol. The van der Waals surface area contributed by atoms with Crippen LogP contribution in [-0.4, -0.2) is 77.9 Å². The average molecular weight is 419 g/mol. The third-order valence-electron chi connectivity index (χ3n) is 6.69. The van der Waals surface area contributed by atoms with Gasteiger partial charge in [0.15, 0.2) is 5.41 Å². The molecule has 0 aromatic heterocycles. The molecular weight excluding hydrogens is 392 g/mol. The van der Waals surface area contributed by atoms with Gasteiger partial charge >= 0.3 is 6.03 Å². The van der Waals surface area contributed by atoms with Crippen LogP contribution >= 0.6 is 11.6 Å². The number of imide groups is 2. The lowest BCUT2D eigenvalue weighted by Crippen LogP contribution is -2.75. The number of halogens is 1. The number of hydrogen-bond donors (Lipinski definition) is 0. The summed E-state index contributed by atoms with van der Waals surface area (Å²) in [6, 6.07) is 4.87. The number of likely N-dealkylation sites (N-methyl/N-ethyl adjacent to an activating group) is 1. The lowest BCUT2D eigenvalue weighted by molar-refractivity contribution is -0.161. The van der Waals surface area contributed by atoms with E-state index < -0.39 is 23.3 Å². The number of anilines is 1. The van der Waals surface area contributed by atoms with Crippen molar-refractivity contribution in [2.24, 2.45) is 5.41 Å². The molecule has 4 amide bonds. The molecule has 0 aliphatic carbocycles. The van der Waals surface area contributed by atoms with Crippen molar-refractivity contribution < 1.29 is 14.4 Å². The Bertz CT molecular complexity index is 847. The summed E-state index contributed by atoms with van der Waals surface area (Å²) in [7, 11) is 0. The lowest BCUT2D eigenvalue weighted by atomic mass is 9.67. The molecule has 3 heterocycles. The van der Waals surface area contributed by atoms with Crippen LogP contribution in [0.1, 0.15) is 26.3 Å². The molecule has 0 unspecified atom stereocenters. The van der Waals surface area contributed by atoms with E-state index in [4.69, 9.17) is 11.6 Å². The van der Waals surface area contributed by atoms with Gasteiger partial charge in [0.2, 0.25) is 11.8 Å². The summed E-state index contributed by atoms with van der Waals surface area (Å²) in [5, 5.41) is 0.557. The fourth-order valence-corrected chi connectivity index (χ4v) is 5.35. The van der Waals surface area contributed by atoms with Crippen LogP contribution in [0.2, 0.25) is 5.02 Å². The van der Waals surface area contributed by atoms with Crippen molar-refractivity contribution >= 4 is 35.1 Å². The smallest absolute Gasteiger partial charge is 0.333 e. The molecule has 8 heteroatoms. The molecule has 4 rings (SSSR count). The van der Waals surface area contributed by atoms with Crippen LogP contribution in [-0.2, 0) is 16.0 Å². The number of hydrogen-bond acceptors (Lipinski definition) is 5. The second kappa shape index (κ2) is 7.29. The van der Waals surface area contributed by atoms with Crippen molar-refractivity contribution in [3.05, 3.63) is 28.8 Å². The zero-order valence-corrected chi connectivity index (χ0v) is 17.9. The van der Waals surface area contributed by atoms with Crippen molar-refractivity contribution in [1.82, 2.24) is 14.7 Å². The highest BCUT2D eigenvalue weighted by molar-refractivity contribution is 6.32. The summed E-state index contributed by atoms with van der Waals surface area (Å²) in [5.74, 6) is -0.781. The van der Waals surface area contributed by atoms with Crippen molar-refractivity contribution in [3.8, 4) is 0 Å². The summed E-state index contributed by atoms with van der Waals surface area (Å²) < 4.78 is 0. The van der Waals surface area contributed by atoms with Crippen molar-refractivity contribution in [3.63, 3.8) is 0 Å². The van der Waals surface area contributed by atoms with E-state index in [0.717, 1.165) is 24.3 Å². The van der Waals surface area contributed by atoms with E-state index in [9.17, 15) is 14.4 Å². The standard InChI is InChI=1S/C21H27ClN4O3/c1-4-23-10-11-26-16-9-7-8-15(22)14(16)12-21(17(26)13-23)18(27)24(5-2)20(29)25(6-3)19(21)28/h7-9,17H,4-6,10-13H2,1-3H3/t17-/m0/s1. The number of barbiturate groups is 1. The fraction of sp³-hybridized carbons (Fsp3) is 0.571. The van der Waals surface area contributed by atoms with E-state index in [1.54, 1.807) is 19.9 Å². The molecule has 29 heavy (non-hydrogen) atoms. The van der Waals surface area contributed by atoms with Gasteiger partial charge in [0.05, 0.1) is 6.04 Å². The number of fused-ring (bicyclic) bond motifs is 4. The molecule has 0 N–H and O–H groups in total. The van der Waals surface area contributed by atoms with Crippen molar-refractivity contribution in [2.75, 3.05) is 44.2 Å². The van der Waals surface area contributed by atoms with E-state index in [-0.39, 0.29) is 25.6 Å². The van der Waals surface area contributed by atoms with Gasteiger partial charge in [-0.25, -0.2) is 4.79 Å². The van der Waals surface area contributed by atoms with E-state index in [0.29, 0.717) is 18.1 Å². The van der Waals surface area contributed by atoms with Gasteiger partial charge in [-0.15, -0.1) is 0 Å². The normalized spacial score (nSPS) is 24.2. The number of piperazine rings is 1. The molecule has 0 bridgehead atoms. The maximum Gasteiger partial charge on any atom is 0.333 e. The highest BCUT2D eigenvalue weighted by atomic mass is 35.5. The van der Waals surface area contributed by atoms with Crippen LogP contribution in [0.5, 0.6) is 0 Å². The molecule has 2 fully saturated rings. The van der Waals surface area contributed by atoms with Gasteiger partial charge in [-0.3, -0.25) is 24.3 Å². The molecule has 0 saturated carbocycles. The number of nitrogens with zero attached hydrogens (tertiary/aromatic N) is 4. The minimum absolute atomic E-state index is 0.221. The second-order valence-corrected chi connectivity index (χ2v) is 8.28. The summed E-state index contributed by atoms with van der Waals surface area (Å²) in [6.07, 6.45) is 0.221. The Hall–Kier alpha value is -2.12. The molecule has 1 aromatic rings. The molecule has 1 spiro atoms. The third kappa shape index (κ3) is 2.70. The van der Waals surface area contributed by atoms with Gasteiger partial charge in [0.25, 0.3) is 0 Å². The third-order valence-corrected chi connectivity index (χ3v) is 7.04. The Morgan fingerprint density at radius 2 is 1.66 bits per heavy atom. The Balaban J connectivity index is 1.93. The van der Waals surface area contributed by atoms with Crippen LogP contribution in [0.25, 0.3) is 0 Å². The van der Waals surface area contributed by atoms with Crippen LogP contribution in [0.4, 0.5) is 10.5 Å². The van der Waals surface area contributed by atoms with Crippen LogP contribution in [0.3, 0.4) is 0 Å². The maximum absolute atomic E-state index is 13.8. The van der Waals surface area contributed by atoms with Gasteiger partial charge in [-0.05, 0) is 38.1 Å². The second-order valence-electron chi connectivity index (χ2n) is 7.87. The number of carbonyl (C=O) groups excluding carboxylic acids is 3. The average Bonchev–Trinajstić information content (AvgIpc) is 2.73. The Morgan fingerprint density at radius 1 is 1.00 bits per heavy atom. The van der Waals surface area contributed by atoms with Gasteiger partial charge in [-0.2, -0.15) is 0 Å². The number of urea groups is 1. The zero-order valence-electron chi connectivity index (χ0n) is 17.2. The number of amides is 4. The number of benzene rings is 1. The van der Waals surface area contributed by atoms with Gasteiger partial charge in [0.1, 0.15) is 0 Å². The largest absolute Gasteiger partial charge is 0.364 e. The molecule has 7 nitrogen and oxygen atoms in total. The first-order chi connectivity index (χ1) is 13.9. The molecule has 1 aromatic carbocycles. The summed E-state index contributed by atoms with van der Waals surface area (Å²) in [5.41, 5.74) is 0.470. The number of carbonyl (C=O) groups is 3. The molecular formula is C21H27ClN4O3. The highest BCUT2D eigenvalue weighted by Crippen LogP contribution is 2.48. The Morgan fingerprint density at radius 3 is 2.24 bits per heavy atom. The first-order valence-electron chi connectivity index (χ1n) is 10.3. The minimum atomic E-state index is -1.34. The summed E-state index contributed by atoms with van der Waals surface area (Å²) >= 11 is 6.54. The SMILES string of the molecule is CCN1CCN2c3cccc(Cl)c3CC3(C(=O)N(CC)C(=O)N(CC)C3=O)[C@@H]2C1. The van der Waals surface area contributed by atoms with Crippen LogP contribution < -0.4 is 4.90 Å². The van der Waals surface area contributed by atoms with Gasteiger partial charge in [-0.1, -0.05) is 24.6 Å². The van der Waals surface area contributed by atoms with E-state index in [1.807, 2.05) is 12.1 Å². The molecule has 2 saturated heterocycles. The first-order valence-corrected chi connectivity index (χ1v) is 10.7. The zero-order chi connectivity index (χ0) is 20.9. The minimum Gasteiger partial charge on any atom is -0.364 e. The predicted octanol–water partition coefficient (Wildman–Crippen LogP) is 2.22. The van der Waals surface area contributed by atoms with E-state index >= 15 is 0 Å². The fourth-order valence-electron chi connectivity index (χ4n) is 5.11. The lowest BCUT2D eigenvalue weighted by Gasteiger charge is -2.56. The highest BCUT2D eigenvalue weighted by Gasteiger charge is 2.64. The van der Waals surface area contributed by atoms with Gasteiger partial charge < -0.3 is 4.90 Å².